The molecule has 0 atom stereocenters. The molecule has 1 heterocycles. The fourth-order valence-corrected chi connectivity index (χ4v) is 2.85. The number of carbonyl (C=O) groups is 1. The first-order valence-electron chi connectivity index (χ1n) is 8.11. The van der Waals surface area contributed by atoms with E-state index in [4.69, 9.17) is 5.73 Å². The lowest BCUT2D eigenvalue weighted by Gasteiger charge is -2.24. The number of nitrogens with zero attached hydrogens (tertiary/aromatic N) is 3. The Balaban J connectivity index is 1.67. The van der Waals surface area contributed by atoms with E-state index in [1.165, 1.54) is 25.7 Å². The molecule has 0 aromatic rings. The van der Waals surface area contributed by atoms with Crippen LogP contribution in [0.15, 0.2) is 0 Å². The second-order valence-corrected chi connectivity index (χ2v) is 6.20. The minimum absolute atomic E-state index is 0.295. The molecule has 20 heavy (non-hydrogen) atoms. The Morgan fingerprint density at radius 3 is 2.55 bits per heavy atom. The zero-order valence-corrected chi connectivity index (χ0v) is 12.9. The molecule has 2 fully saturated rings. The molecule has 0 radical (unpaired) electrons. The van der Waals surface area contributed by atoms with Crippen molar-refractivity contribution in [3.05, 3.63) is 0 Å². The summed E-state index contributed by atoms with van der Waals surface area (Å²) < 4.78 is 0. The number of hydrogen-bond donors (Lipinski definition) is 1. The van der Waals surface area contributed by atoms with Crippen LogP contribution in [0, 0.1) is 0 Å². The van der Waals surface area contributed by atoms with E-state index in [0.717, 1.165) is 45.7 Å². The minimum atomic E-state index is 0.295. The number of rotatable bonds is 7. The van der Waals surface area contributed by atoms with Crippen molar-refractivity contribution in [1.29, 1.82) is 0 Å². The highest BCUT2D eigenvalue weighted by molar-refractivity contribution is 5.78. The summed E-state index contributed by atoms with van der Waals surface area (Å²) in [4.78, 5) is 18.9. The molecule has 116 valence electrons. The van der Waals surface area contributed by atoms with Gasteiger partial charge in [0.15, 0.2) is 0 Å². The molecule has 1 aliphatic heterocycles. The van der Waals surface area contributed by atoms with Gasteiger partial charge in [0.2, 0.25) is 5.91 Å². The van der Waals surface area contributed by atoms with Gasteiger partial charge >= 0.3 is 0 Å². The van der Waals surface area contributed by atoms with Crippen molar-refractivity contribution < 1.29 is 4.79 Å². The number of likely N-dealkylation sites (N-methyl/N-ethyl adjacent to an activating group) is 1. The topological polar surface area (TPSA) is 52.8 Å². The Morgan fingerprint density at radius 1 is 1.15 bits per heavy atom. The van der Waals surface area contributed by atoms with E-state index in [1.807, 2.05) is 11.9 Å². The predicted octanol–water partition coefficient (Wildman–Crippen LogP) is 0.354. The van der Waals surface area contributed by atoms with Crippen LogP contribution in [0.4, 0.5) is 0 Å². The van der Waals surface area contributed by atoms with E-state index in [0.29, 0.717) is 18.5 Å². The molecule has 5 heteroatoms. The first kappa shape index (κ1) is 15.7. The third-order valence-electron chi connectivity index (χ3n) is 4.46. The fourth-order valence-electron chi connectivity index (χ4n) is 2.85. The third-order valence-corrected chi connectivity index (χ3v) is 4.46. The van der Waals surface area contributed by atoms with Gasteiger partial charge in [-0.3, -0.25) is 9.69 Å². The molecule has 0 aromatic heterocycles. The minimum Gasteiger partial charge on any atom is -0.342 e. The van der Waals surface area contributed by atoms with Gasteiger partial charge in [0.1, 0.15) is 0 Å². The first-order valence-corrected chi connectivity index (χ1v) is 8.11. The van der Waals surface area contributed by atoms with Crippen molar-refractivity contribution >= 4 is 5.91 Å². The average Bonchev–Trinajstić information content (AvgIpc) is 3.26. The Labute approximate surface area is 123 Å². The van der Waals surface area contributed by atoms with Crippen LogP contribution in [-0.4, -0.2) is 79.5 Å². The van der Waals surface area contributed by atoms with Crippen LogP contribution in [0.3, 0.4) is 0 Å². The molecule has 1 amide bonds. The molecular formula is C15H30N4O. The van der Waals surface area contributed by atoms with Crippen LogP contribution in [0.1, 0.15) is 32.1 Å². The van der Waals surface area contributed by atoms with Crippen LogP contribution in [0.5, 0.6) is 0 Å². The second-order valence-electron chi connectivity index (χ2n) is 6.20. The molecule has 0 bridgehead atoms. The standard InChI is InChI=1S/C15H30N4O/c1-17(14-5-6-14)15(20)13-19-10-4-9-18(11-12-19)8-3-2-7-16/h14H,2-13,16H2,1H3. The van der Waals surface area contributed by atoms with Crippen molar-refractivity contribution in [1.82, 2.24) is 14.7 Å². The fraction of sp³-hybridized carbons (Fsp3) is 0.933. The van der Waals surface area contributed by atoms with Crippen LogP contribution in [0.25, 0.3) is 0 Å². The van der Waals surface area contributed by atoms with E-state index < -0.39 is 0 Å². The maximum Gasteiger partial charge on any atom is 0.236 e. The van der Waals surface area contributed by atoms with E-state index in [9.17, 15) is 4.79 Å². The maximum atomic E-state index is 12.2. The Morgan fingerprint density at radius 2 is 1.85 bits per heavy atom. The van der Waals surface area contributed by atoms with E-state index >= 15 is 0 Å². The molecule has 2 N–H and O–H groups in total. The maximum absolute atomic E-state index is 12.2. The number of unbranched alkanes of at least 4 members (excludes halogenated alkanes) is 1. The Kier molecular flexibility index (Phi) is 6.26. The van der Waals surface area contributed by atoms with Crippen molar-refractivity contribution in [2.24, 2.45) is 5.73 Å². The summed E-state index contributed by atoms with van der Waals surface area (Å²) in [5, 5.41) is 0. The van der Waals surface area contributed by atoms with Crippen molar-refractivity contribution in [3.8, 4) is 0 Å². The summed E-state index contributed by atoms with van der Waals surface area (Å²) in [5.41, 5.74) is 5.54. The third kappa shape index (κ3) is 5.04. The van der Waals surface area contributed by atoms with Crippen LogP contribution >= 0.6 is 0 Å². The van der Waals surface area contributed by atoms with Crippen LogP contribution in [-0.2, 0) is 4.79 Å². The molecule has 0 aromatic carbocycles. The van der Waals surface area contributed by atoms with E-state index in [-0.39, 0.29) is 0 Å². The summed E-state index contributed by atoms with van der Waals surface area (Å²) in [6.07, 6.45) is 5.86. The van der Waals surface area contributed by atoms with Gasteiger partial charge in [-0.15, -0.1) is 0 Å². The Hall–Kier alpha value is -0.650. The summed E-state index contributed by atoms with van der Waals surface area (Å²) in [6.45, 7) is 6.87. The van der Waals surface area contributed by atoms with Gasteiger partial charge < -0.3 is 15.5 Å². The lowest BCUT2D eigenvalue weighted by Crippen LogP contribution is -2.41. The quantitative estimate of drug-likeness (QED) is 0.685. The van der Waals surface area contributed by atoms with Crippen LogP contribution < -0.4 is 5.73 Å². The highest BCUT2D eigenvalue weighted by Gasteiger charge is 2.30. The van der Waals surface area contributed by atoms with E-state index in [2.05, 4.69) is 9.80 Å². The number of nitrogens with two attached hydrogens (primary N) is 1. The molecule has 2 rings (SSSR count). The number of amides is 1. The molecule has 0 unspecified atom stereocenters. The normalized spacial score (nSPS) is 21.7. The van der Waals surface area contributed by atoms with Gasteiger partial charge in [-0.2, -0.15) is 0 Å². The largest absolute Gasteiger partial charge is 0.342 e. The summed E-state index contributed by atoms with van der Waals surface area (Å²) in [7, 11) is 1.96. The van der Waals surface area contributed by atoms with Gasteiger partial charge in [-0.25, -0.2) is 0 Å². The van der Waals surface area contributed by atoms with Crippen molar-refractivity contribution in [2.75, 3.05) is 52.9 Å². The lowest BCUT2D eigenvalue weighted by molar-refractivity contribution is -0.131. The van der Waals surface area contributed by atoms with Gasteiger partial charge in [-0.05, 0) is 58.3 Å². The molecular weight excluding hydrogens is 252 g/mol. The average molecular weight is 282 g/mol. The predicted molar refractivity (Wildman–Crippen MR) is 81.6 cm³/mol. The van der Waals surface area contributed by atoms with Gasteiger partial charge in [0.25, 0.3) is 0 Å². The smallest absolute Gasteiger partial charge is 0.236 e. The zero-order chi connectivity index (χ0) is 14.4. The van der Waals surface area contributed by atoms with Gasteiger partial charge in [0, 0.05) is 26.2 Å². The Bertz CT molecular complexity index is 306. The summed E-state index contributed by atoms with van der Waals surface area (Å²) in [6, 6.07) is 0.530. The number of carbonyl (C=O) groups excluding carboxylic acids is 1. The first-order chi connectivity index (χ1) is 9.70. The summed E-state index contributed by atoms with van der Waals surface area (Å²) in [5.74, 6) is 0.295. The van der Waals surface area contributed by atoms with E-state index in [1.54, 1.807) is 0 Å². The van der Waals surface area contributed by atoms with Crippen molar-refractivity contribution in [2.45, 2.75) is 38.1 Å². The number of hydrogen-bond acceptors (Lipinski definition) is 4. The monoisotopic (exact) mass is 282 g/mol. The molecule has 5 nitrogen and oxygen atoms in total. The van der Waals surface area contributed by atoms with Gasteiger partial charge in [-0.1, -0.05) is 0 Å². The van der Waals surface area contributed by atoms with Crippen molar-refractivity contribution in [3.63, 3.8) is 0 Å². The molecule has 1 saturated heterocycles. The lowest BCUT2D eigenvalue weighted by atomic mass is 10.3. The highest BCUT2D eigenvalue weighted by atomic mass is 16.2. The summed E-state index contributed by atoms with van der Waals surface area (Å²) >= 11 is 0. The molecule has 2 aliphatic rings. The second kappa shape index (κ2) is 7.96. The molecule has 1 saturated carbocycles. The zero-order valence-electron chi connectivity index (χ0n) is 12.9. The van der Waals surface area contributed by atoms with Gasteiger partial charge in [0.05, 0.1) is 6.54 Å². The molecule has 0 spiro atoms. The highest BCUT2D eigenvalue weighted by Crippen LogP contribution is 2.25. The SMILES string of the molecule is CN(C(=O)CN1CCCN(CCCCN)CC1)C1CC1. The molecule has 1 aliphatic carbocycles. The van der Waals surface area contributed by atoms with Crippen LogP contribution in [0.2, 0.25) is 0 Å².